The monoisotopic (exact) mass is 304 g/mol. The highest BCUT2D eigenvalue weighted by Crippen LogP contribution is 2.22. The smallest absolute Gasteiger partial charge is 0.330 e. The van der Waals surface area contributed by atoms with Gasteiger partial charge in [0.2, 0.25) is 0 Å². The fourth-order valence-corrected chi connectivity index (χ4v) is 2.73. The van der Waals surface area contributed by atoms with Gasteiger partial charge in [0.15, 0.2) is 6.61 Å². The SMILES string of the molecule is C/C=C/C(=O)OCC(=O)N(C)Cc1nc2ccccc2s1. The van der Waals surface area contributed by atoms with Crippen molar-refractivity contribution < 1.29 is 14.3 Å². The summed E-state index contributed by atoms with van der Waals surface area (Å²) in [6, 6.07) is 7.83. The van der Waals surface area contributed by atoms with Gasteiger partial charge in [0.1, 0.15) is 5.01 Å². The van der Waals surface area contributed by atoms with Crippen molar-refractivity contribution in [3.8, 4) is 0 Å². The summed E-state index contributed by atoms with van der Waals surface area (Å²) in [5.41, 5.74) is 0.929. The second-order valence-corrected chi connectivity index (χ2v) is 5.55. The van der Waals surface area contributed by atoms with E-state index < -0.39 is 5.97 Å². The molecule has 0 radical (unpaired) electrons. The molecule has 0 saturated carbocycles. The van der Waals surface area contributed by atoms with Crippen LogP contribution >= 0.6 is 11.3 Å². The molecule has 2 aromatic rings. The van der Waals surface area contributed by atoms with Gasteiger partial charge in [-0.15, -0.1) is 11.3 Å². The molecule has 0 saturated heterocycles. The molecule has 0 aliphatic carbocycles. The van der Waals surface area contributed by atoms with E-state index in [4.69, 9.17) is 4.74 Å². The highest BCUT2D eigenvalue weighted by Gasteiger charge is 2.13. The van der Waals surface area contributed by atoms with Gasteiger partial charge < -0.3 is 9.64 Å². The Morgan fingerprint density at radius 3 is 2.86 bits per heavy atom. The van der Waals surface area contributed by atoms with E-state index in [2.05, 4.69) is 4.98 Å². The summed E-state index contributed by atoms with van der Waals surface area (Å²) in [6.07, 6.45) is 2.85. The van der Waals surface area contributed by atoms with Crippen molar-refractivity contribution in [2.24, 2.45) is 0 Å². The lowest BCUT2D eigenvalue weighted by Gasteiger charge is -2.15. The summed E-state index contributed by atoms with van der Waals surface area (Å²) in [6.45, 7) is 1.85. The zero-order valence-electron chi connectivity index (χ0n) is 11.9. The van der Waals surface area contributed by atoms with Gasteiger partial charge >= 0.3 is 5.97 Å². The van der Waals surface area contributed by atoms with E-state index in [1.807, 2.05) is 24.3 Å². The predicted octanol–water partition coefficient (Wildman–Crippen LogP) is 2.37. The number of rotatable bonds is 5. The molecule has 110 valence electrons. The third kappa shape index (κ3) is 4.13. The molecule has 21 heavy (non-hydrogen) atoms. The number of para-hydroxylation sites is 1. The van der Waals surface area contributed by atoms with Crippen LogP contribution in [0.15, 0.2) is 36.4 Å². The number of thiazole rings is 1. The van der Waals surface area contributed by atoms with Crippen molar-refractivity contribution in [3.05, 3.63) is 41.4 Å². The predicted molar refractivity (Wildman–Crippen MR) is 81.9 cm³/mol. The van der Waals surface area contributed by atoms with Crippen LogP contribution in [0.1, 0.15) is 11.9 Å². The zero-order valence-corrected chi connectivity index (χ0v) is 12.7. The van der Waals surface area contributed by atoms with Gasteiger partial charge in [0.05, 0.1) is 16.8 Å². The normalized spacial score (nSPS) is 11.0. The first-order valence-electron chi connectivity index (χ1n) is 6.48. The minimum absolute atomic E-state index is 0.257. The van der Waals surface area contributed by atoms with Gasteiger partial charge in [0.25, 0.3) is 5.91 Å². The van der Waals surface area contributed by atoms with Gasteiger partial charge in [-0.3, -0.25) is 4.79 Å². The van der Waals surface area contributed by atoms with Crippen LogP contribution in [0, 0.1) is 0 Å². The van der Waals surface area contributed by atoms with E-state index >= 15 is 0 Å². The number of benzene rings is 1. The van der Waals surface area contributed by atoms with Crippen LogP contribution in [0.3, 0.4) is 0 Å². The summed E-state index contributed by atoms with van der Waals surface area (Å²) < 4.78 is 5.92. The number of nitrogens with zero attached hydrogens (tertiary/aromatic N) is 2. The molecule has 1 aromatic carbocycles. The molecular formula is C15H16N2O3S. The Balaban J connectivity index is 1.92. The number of ether oxygens (including phenoxy) is 1. The van der Waals surface area contributed by atoms with E-state index in [1.54, 1.807) is 31.4 Å². The summed E-state index contributed by atoms with van der Waals surface area (Å²) >= 11 is 1.55. The van der Waals surface area contributed by atoms with E-state index in [0.717, 1.165) is 15.2 Å². The molecule has 0 N–H and O–H groups in total. The first kappa shape index (κ1) is 15.2. The van der Waals surface area contributed by atoms with Gasteiger partial charge in [0, 0.05) is 13.1 Å². The average molecular weight is 304 g/mol. The number of aromatic nitrogens is 1. The molecule has 0 aliphatic rings. The number of allylic oxidation sites excluding steroid dienone is 1. The number of fused-ring (bicyclic) bond motifs is 1. The van der Waals surface area contributed by atoms with Gasteiger partial charge in [-0.2, -0.15) is 0 Å². The number of esters is 1. The second-order valence-electron chi connectivity index (χ2n) is 4.43. The highest BCUT2D eigenvalue weighted by atomic mass is 32.1. The van der Waals surface area contributed by atoms with E-state index in [-0.39, 0.29) is 12.5 Å². The highest BCUT2D eigenvalue weighted by molar-refractivity contribution is 7.18. The van der Waals surface area contributed by atoms with Crippen LogP contribution < -0.4 is 0 Å². The van der Waals surface area contributed by atoms with Gasteiger partial charge in [-0.05, 0) is 19.1 Å². The molecule has 0 bridgehead atoms. The Morgan fingerprint density at radius 2 is 2.14 bits per heavy atom. The van der Waals surface area contributed by atoms with Crippen molar-refractivity contribution in [1.29, 1.82) is 0 Å². The first-order valence-corrected chi connectivity index (χ1v) is 7.29. The number of likely N-dealkylation sites (N-methyl/N-ethyl adjacent to an activating group) is 1. The average Bonchev–Trinajstić information content (AvgIpc) is 2.87. The van der Waals surface area contributed by atoms with E-state index in [0.29, 0.717) is 6.54 Å². The van der Waals surface area contributed by atoms with Crippen LogP contribution in [0.5, 0.6) is 0 Å². The summed E-state index contributed by atoms with van der Waals surface area (Å²) in [5.74, 6) is -0.772. The Morgan fingerprint density at radius 1 is 1.38 bits per heavy atom. The molecular weight excluding hydrogens is 288 g/mol. The molecule has 1 amide bonds. The Labute approximate surface area is 126 Å². The summed E-state index contributed by atoms with van der Waals surface area (Å²) in [4.78, 5) is 29.0. The number of hydrogen-bond donors (Lipinski definition) is 0. The van der Waals surface area contributed by atoms with Crippen LogP contribution in [-0.4, -0.2) is 35.4 Å². The number of amides is 1. The van der Waals surface area contributed by atoms with Crippen molar-refractivity contribution in [1.82, 2.24) is 9.88 Å². The maximum atomic E-state index is 11.9. The lowest BCUT2D eigenvalue weighted by molar-refractivity contribution is -0.147. The maximum Gasteiger partial charge on any atom is 0.330 e. The molecule has 0 atom stereocenters. The minimum Gasteiger partial charge on any atom is -0.452 e. The molecule has 0 aliphatic heterocycles. The quantitative estimate of drug-likeness (QED) is 0.628. The van der Waals surface area contributed by atoms with Gasteiger partial charge in [-0.1, -0.05) is 18.2 Å². The maximum absolute atomic E-state index is 11.9. The molecule has 1 heterocycles. The molecule has 0 fully saturated rings. The second kappa shape index (κ2) is 6.99. The van der Waals surface area contributed by atoms with Gasteiger partial charge in [-0.25, -0.2) is 9.78 Å². The largest absolute Gasteiger partial charge is 0.452 e. The van der Waals surface area contributed by atoms with Crippen LogP contribution in [0.25, 0.3) is 10.2 Å². The van der Waals surface area contributed by atoms with Crippen molar-refractivity contribution >= 4 is 33.4 Å². The molecule has 5 nitrogen and oxygen atoms in total. The Kier molecular flexibility index (Phi) is 5.05. The first-order chi connectivity index (χ1) is 10.1. The van der Waals surface area contributed by atoms with Crippen molar-refractivity contribution in [2.75, 3.05) is 13.7 Å². The van der Waals surface area contributed by atoms with E-state index in [9.17, 15) is 9.59 Å². The summed E-state index contributed by atoms with van der Waals surface area (Å²) in [5, 5.41) is 0.854. The molecule has 2 rings (SSSR count). The fourth-order valence-electron chi connectivity index (χ4n) is 1.71. The molecule has 0 spiro atoms. The fraction of sp³-hybridized carbons (Fsp3) is 0.267. The number of hydrogen-bond acceptors (Lipinski definition) is 5. The third-order valence-electron chi connectivity index (χ3n) is 2.78. The molecule has 6 heteroatoms. The Hall–Kier alpha value is -2.21. The topological polar surface area (TPSA) is 59.5 Å². The summed E-state index contributed by atoms with van der Waals surface area (Å²) in [7, 11) is 1.66. The lowest BCUT2D eigenvalue weighted by atomic mass is 10.3. The Bertz CT molecular complexity index is 645. The minimum atomic E-state index is -0.515. The third-order valence-corrected chi connectivity index (χ3v) is 3.80. The molecule has 1 aromatic heterocycles. The number of carbonyl (C=O) groups is 2. The molecule has 0 unspecified atom stereocenters. The number of carbonyl (C=O) groups excluding carboxylic acids is 2. The van der Waals surface area contributed by atoms with Crippen LogP contribution in [0.4, 0.5) is 0 Å². The lowest BCUT2D eigenvalue weighted by Crippen LogP contribution is -2.30. The van der Waals surface area contributed by atoms with Crippen LogP contribution in [0.2, 0.25) is 0 Å². The zero-order chi connectivity index (χ0) is 15.2. The standard InChI is InChI=1S/C15H16N2O3S/c1-3-6-15(19)20-10-14(18)17(2)9-13-16-11-7-4-5-8-12(11)21-13/h3-8H,9-10H2,1-2H3/b6-3+. The van der Waals surface area contributed by atoms with Crippen LogP contribution in [-0.2, 0) is 20.9 Å². The van der Waals surface area contributed by atoms with E-state index in [1.165, 1.54) is 11.0 Å². The van der Waals surface area contributed by atoms with Crippen molar-refractivity contribution in [3.63, 3.8) is 0 Å². The van der Waals surface area contributed by atoms with Crippen molar-refractivity contribution in [2.45, 2.75) is 13.5 Å².